The fourth-order valence-corrected chi connectivity index (χ4v) is 2.99. The molecule has 0 saturated carbocycles. The van der Waals surface area contributed by atoms with Crippen LogP contribution in [0.3, 0.4) is 0 Å². The van der Waals surface area contributed by atoms with Crippen molar-refractivity contribution >= 4 is 45.5 Å². The third-order valence-electron chi connectivity index (χ3n) is 3.34. The average Bonchev–Trinajstić information content (AvgIpc) is 2.99. The number of thiazole rings is 1. The number of carbonyl (C=O) groups is 1. The van der Waals surface area contributed by atoms with E-state index in [1.165, 1.54) is 11.3 Å². The number of carbonyl (C=O) groups excluding carboxylic acids is 1. The van der Waals surface area contributed by atoms with Gasteiger partial charge < -0.3 is 10.6 Å². The first-order valence-corrected chi connectivity index (χ1v) is 8.55. The maximum atomic E-state index is 12.2. The second-order valence-electron chi connectivity index (χ2n) is 5.12. The third kappa shape index (κ3) is 4.10. The molecule has 5 nitrogen and oxygen atoms in total. The van der Waals surface area contributed by atoms with E-state index in [9.17, 15) is 4.79 Å². The van der Waals surface area contributed by atoms with Crippen molar-refractivity contribution in [3.8, 4) is 0 Å². The summed E-state index contributed by atoms with van der Waals surface area (Å²) >= 11 is 7.50. The molecule has 0 aliphatic rings. The zero-order valence-corrected chi connectivity index (χ0v) is 14.5. The Labute approximate surface area is 148 Å². The van der Waals surface area contributed by atoms with E-state index in [0.29, 0.717) is 15.8 Å². The summed E-state index contributed by atoms with van der Waals surface area (Å²) in [4.78, 5) is 20.8. The fraction of sp³-hybridized carbons (Fsp3) is 0.118. The molecule has 1 aromatic carbocycles. The van der Waals surface area contributed by atoms with Crippen LogP contribution in [0.5, 0.6) is 0 Å². The van der Waals surface area contributed by atoms with E-state index in [0.717, 1.165) is 17.1 Å². The second-order valence-corrected chi connectivity index (χ2v) is 6.39. The Morgan fingerprint density at radius 2 is 2.12 bits per heavy atom. The molecule has 0 saturated heterocycles. The number of amides is 1. The van der Waals surface area contributed by atoms with E-state index in [1.54, 1.807) is 12.3 Å². The molecule has 0 aliphatic heterocycles. The van der Waals surface area contributed by atoms with E-state index >= 15 is 0 Å². The molecule has 2 N–H and O–H groups in total. The number of nitrogens with one attached hydrogen (secondary N) is 2. The molecule has 0 bridgehead atoms. The monoisotopic (exact) mass is 358 g/mol. The molecular formula is C17H15ClN4OS. The van der Waals surface area contributed by atoms with Crippen molar-refractivity contribution in [3.63, 3.8) is 0 Å². The Hall–Kier alpha value is -2.44. The highest BCUT2D eigenvalue weighted by atomic mass is 35.5. The third-order valence-corrected chi connectivity index (χ3v) is 4.55. The number of rotatable bonds is 5. The summed E-state index contributed by atoms with van der Waals surface area (Å²) < 4.78 is 0. The van der Waals surface area contributed by atoms with Gasteiger partial charge in [0.2, 0.25) is 5.91 Å². The smallest absolute Gasteiger partial charge is 0.230 e. The number of aromatic nitrogens is 2. The fourth-order valence-electron chi connectivity index (χ4n) is 2.09. The zero-order valence-electron chi connectivity index (χ0n) is 12.9. The summed E-state index contributed by atoms with van der Waals surface area (Å²) in [5.74, 6) is 0.590. The summed E-state index contributed by atoms with van der Waals surface area (Å²) in [7, 11) is 0. The van der Waals surface area contributed by atoms with Crippen molar-refractivity contribution in [2.75, 3.05) is 10.6 Å². The van der Waals surface area contributed by atoms with Crippen LogP contribution in [-0.2, 0) is 11.2 Å². The minimum Gasteiger partial charge on any atom is -0.325 e. The van der Waals surface area contributed by atoms with Crippen LogP contribution in [-0.4, -0.2) is 15.9 Å². The second kappa shape index (κ2) is 7.42. The van der Waals surface area contributed by atoms with Gasteiger partial charge in [-0.1, -0.05) is 23.7 Å². The summed E-state index contributed by atoms with van der Waals surface area (Å²) in [5, 5.41) is 9.17. The maximum Gasteiger partial charge on any atom is 0.230 e. The molecule has 3 aromatic rings. The first-order chi connectivity index (χ1) is 11.6. The lowest BCUT2D eigenvalue weighted by atomic mass is 10.2. The number of pyridine rings is 1. The van der Waals surface area contributed by atoms with E-state index in [-0.39, 0.29) is 12.3 Å². The number of anilines is 3. The minimum atomic E-state index is -0.130. The van der Waals surface area contributed by atoms with Crippen LogP contribution in [0.2, 0.25) is 5.02 Å². The van der Waals surface area contributed by atoms with E-state index in [4.69, 9.17) is 11.6 Å². The molecule has 0 spiro atoms. The first kappa shape index (κ1) is 16.4. The van der Waals surface area contributed by atoms with Crippen LogP contribution >= 0.6 is 22.9 Å². The molecule has 24 heavy (non-hydrogen) atoms. The minimum absolute atomic E-state index is 0.130. The molecule has 0 radical (unpaired) electrons. The van der Waals surface area contributed by atoms with Crippen LogP contribution < -0.4 is 10.6 Å². The highest BCUT2D eigenvalue weighted by Gasteiger charge is 2.10. The number of hydrogen-bond donors (Lipinski definition) is 2. The van der Waals surface area contributed by atoms with Crippen LogP contribution in [0.1, 0.15) is 11.3 Å². The van der Waals surface area contributed by atoms with Crippen molar-refractivity contribution in [2.45, 2.75) is 13.3 Å². The molecule has 1 amide bonds. The van der Waals surface area contributed by atoms with Gasteiger partial charge in [-0.05, 0) is 36.8 Å². The topological polar surface area (TPSA) is 66.9 Å². The molecule has 0 fully saturated rings. The Morgan fingerprint density at radius 3 is 2.92 bits per heavy atom. The Balaban J connectivity index is 1.62. The summed E-state index contributed by atoms with van der Waals surface area (Å²) in [6.45, 7) is 1.87. The number of benzene rings is 1. The predicted molar refractivity (Wildman–Crippen MR) is 98.2 cm³/mol. The standard InChI is InChI=1S/C17H15ClN4OS/c1-11-13(18)5-4-6-14(11)21-16(23)9-12-10-24-17(20-12)22-15-7-2-3-8-19-15/h2-8,10H,9H2,1H3,(H,21,23)(H,19,20,22). The normalized spacial score (nSPS) is 10.4. The van der Waals surface area contributed by atoms with Crippen molar-refractivity contribution in [1.82, 2.24) is 9.97 Å². The van der Waals surface area contributed by atoms with Crippen LogP contribution in [0.25, 0.3) is 0 Å². The first-order valence-electron chi connectivity index (χ1n) is 7.29. The van der Waals surface area contributed by atoms with Gasteiger partial charge in [-0.25, -0.2) is 9.97 Å². The van der Waals surface area contributed by atoms with Gasteiger partial charge in [0.05, 0.1) is 12.1 Å². The molecule has 0 unspecified atom stereocenters. The Morgan fingerprint density at radius 1 is 1.25 bits per heavy atom. The van der Waals surface area contributed by atoms with Gasteiger partial charge in [-0.2, -0.15) is 0 Å². The van der Waals surface area contributed by atoms with Gasteiger partial charge in [0, 0.05) is 22.3 Å². The molecule has 2 heterocycles. The molecular weight excluding hydrogens is 344 g/mol. The van der Waals surface area contributed by atoms with Gasteiger partial charge in [-0.3, -0.25) is 4.79 Å². The van der Waals surface area contributed by atoms with Gasteiger partial charge in [0.15, 0.2) is 5.13 Å². The lowest BCUT2D eigenvalue weighted by molar-refractivity contribution is -0.115. The maximum absolute atomic E-state index is 12.2. The van der Waals surface area contributed by atoms with E-state index in [2.05, 4.69) is 20.6 Å². The highest BCUT2D eigenvalue weighted by Crippen LogP contribution is 2.24. The van der Waals surface area contributed by atoms with Crippen LogP contribution in [0.4, 0.5) is 16.6 Å². The van der Waals surface area contributed by atoms with E-state index in [1.807, 2.05) is 42.6 Å². The quantitative estimate of drug-likeness (QED) is 0.708. The van der Waals surface area contributed by atoms with Crippen molar-refractivity contribution in [1.29, 1.82) is 0 Å². The SMILES string of the molecule is Cc1c(Cl)cccc1NC(=O)Cc1csc(Nc2ccccn2)n1. The van der Waals surface area contributed by atoms with Crippen molar-refractivity contribution < 1.29 is 4.79 Å². The summed E-state index contributed by atoms with van der Waals surface area (Å²) in [6.07, 6.45) is 1.91. The number of hydrogen-bond acceptors (Lipinski definition) is 5. The highest BCUT2D eigenvalue weighted by molar-refractivity contribution is 7.13. The molecule has 0 atom stereocenters. The lowest BCUT2D eigenvalue weighted by Gasteiger charge is -2.08. The lowest BCUT2D eigenvalue weighted by Crippen LogP contribution is -2.15. The zero-order chi connectivity index (χ0) is 16.9. The average molecular weight is 359 g/mol. The van der Waals surface area contributed by atoms with Gasteiger partial charge in [-0.15, -0.1) is 11.3 Å². The van der Waals surface area contributed by atoms with Crippen LogP contribution in [0, 0.1) is 6.92 Å². The van der Waals surface area contributed by atoms with Crippen molar-refractivity contribution in [3.05, 3.63) is 64.3 Å². The van der Waals surface area contributed by atoms with E-state index < -0.39 is 0 Å². The van der Waals surface area contributed by atoms with Gasteiger partial charge in [0.1, 0.15) is 5.82 Å². The molecule has 3 rings (SSSR count). The van der Waals surface area contributed by atoms with Crippen molar-refractivity contribution in [2.24, 2.45) is 0 Å². The summed E-state index contributed by atoms with van der Waals surface area (Å²) in [6, 6.07) is 11.0. The number of halogens is 1. The Bertz CT molecular complexity index is 851. The Kier molecular flexibility index (Phi) is 5.08. The molecule has 122 valence electrons. The van der Waals surface area contributed by atoms with Crippen LogP contribution in [0.15, 0.2) is 48.0 Å². The number of nitrogens with zero attached hydrogens (tertiary/aromatic N) is 2. The predicted octanol–water partition coefficient (Wildman–Crippen LogP) is 4.42. The molecule has 7 heteroatoms. The van der Waals surface area contributed by atoms with Gasteiger partial charge >= 0.3 is 0 Å². The van der Waals surface area contributed by atoms with Gasteiger partial charge in [0.25, 0.3) is 0 Å². The largest absolute Gasteiger partial charge is 0.325 e. The summed E-state index contributed by atoms with van der Waals surface area (Å²) in [5.41, 5.74) is 2.27. The molecule has 0 aliphatic carbocycles. The molecule has 2 aromatic heterocycles.